The molecule has 22 heavy (non-hydrogen) atoms. The third kappa shape index (κ3) is 3.90. The number of nitrogens with one attached hydrogen (secondary N) is 1. The maximum atomic E-state index is 12.0. The molecule has 0 aliphatic carbocycles. The fourth-order valence-electron chi connectivity index (χ4n) is 2.45. The fraction of sp³-hybridized carbons (Fsp3) is 0.500. The fourth-order valence-corrected chi connectivity index (χ4v) is 2.45. The molecule has 6 heteroatoms. The summed E-state index contributed by atoms with van der Waals surface area (Å²) >= 11 is 0. The molecule has 1 aromatic carbocycles. The third-order valence-corrected chi connectivity index (χ3v) is 3.91. The Morgan fingerprint density at radius 2 is 2.23 bits per heavy atom. The number of carbonyl (C=O) groups is 2. The normalized spacial score (nSPS) is 20.7. The molecule has 0 radical (unpaired) electrons. The summed E-state index contributed by atoms with van der Waals surface area (Å²) < 4.78 is 5.55. The maximum absolute atomic E-state index is 12.0. The summed E-state index contributed by atoms with van der Waals surface area (Å²) in [5, 5.41) is 11.9. The zero-order chi connectivity index (χ0) is 16.2. The van der Waals surface area contributed by atoms with E-state index >= 15 is 0 Å². The number of carbonyl (C=O) groups excluding carboxylic acids is 1. The Kier molecular flexibility index (Phi) is 4.90. The van der Waals surface area contributed by atoms with Crippen LogP contribution in [-0.4, -0.2) is 48.2 Å². The molecular formula is C16H22N2O4. The molecule has 1 saturated heterocycles. The van der Waals surface area contributed by atoms with Gasteiger partial charge in [-0.15, -0.1) is 0 Å². The van der Waals surface area contributed by atoms with E-state index < -0.39 is 11.4 Å². The minimum absolute atomic E-state index is 0.238. The molecule has 1 fully saturated rings. The number of aliphatic carboxylic acids is 1. The number of ether oxygens (including phenoxy) is 1. The van der Waals surface area contributed by atoms with Crippen molar-refractivity contribution in [2.75, 3.05) is 26.2 Å². The number of benzene rings is 1. The highest BCUT2D eigenvalue weighted by Gasteiger charge is 2.42. The number of aryl methyl sites for hydroxylation is 1. The molecule has 0 spiro atoms. The summed E-state index contributed by atoms with van der Waals surface area (Å²) in [4.78, 5) is 24.7. The molecule has 1 aliphatic heterocycles. The molecule has 0 aromatic heterocycles. The summed E-state index contributed by atoms with van der Waals surface area (Å²) in [5.74, 6) is -0.0838. The summed E-state index contributed by atoms with van der Waals surface area (Å²) in [5.41, 5.74) is 0.279. The van der Waals surface area contributed by atoms with Gasteiger partial charge in [-0.1, -0.05) is 12.1 Å². The second-order valence-corrected chi connectivity index (χ2v) is 5.93. The average Bonchev–Trinajstić information content (AvgIpc) is 2.88. The lowest BCUT2D eigenvalue weighted by Gasteiger charge is -2.20. The van der Waals surface area contributed by atoms with Gasteiger partial charge in [0.1, 0.15) is 12.4 Å². The van der Waals surface area contributed by atoms with E-state index in [1.54, 1.807) is 11.8 Å². The number of likely N-dealkylation sites (tertiary alicyclic amines) is 1. The standard InChI is InChI=1S/C16H22N2O4/c1-12-4-3-5-13(10-12)22-9-7-17-15(21)18-8-6-16(2,11-18)14(19)20/h3-5,10H,6-9,11H2,1-2H3,(H,17,21)(H,19,20). The molecule has 2 amide bonds. The number of carboxylic acid groups (broad SMARTS) is 1. The first-order chi connectivity index (χ1) is 10.4. The summed E-state index contributed by atoms with van der Waals surface area (Å²) in [6.07, 6.45) is 0.482. The number of rotatable bonds is 5. The highest BCUT2D eigenvalue weighted by molar-refractivity contribution is 5.79. The van der Waals surface area contributed by atoms with Crippen molar-refractivity contribution < 1.29 is 19.4 Å². The molecule has 1 aliphatic rings. The zero-order valence-corrected chi connectivity index (χ0v) is 13.0. The lowest BCUT2D eigenvalue weighted by atomic mass is 9.90. The van der Waals surface area contributed by atoms with Gasteiger partial charge in [0.2, 0.25) is 0 Å². The van der Waals surface area contributed by atoms with Crippen molar-refractivity contribution in [3.05, 3.63) is 29.8 Å². The molecule has 1 unspecified atom stereocenters. The Morgan fingerprint density at radius 3 is 2.86 bits per heavy atom. The second kappa shape index (κ2) is 6.68. The largest absolute Gasteiger partial charge is 0.492 e. The first kappa shape index (κ1) is 16.1. The van der Waals surface area contributed by atoms with E-state index in [9.17, 15) is 9.59 Å². The molecule has 1 aromatic rings. The van der Waals surface area contributed by atoms with Gasteiger partial charge in [-0.05, 0) is 38.0 Å². The Morgan fingerprint density at radius 1 is 1.45 bits per heavy atom. The smallest absolute Gasteiger partial charge is 0.317 e. The van der Waals surface area contributed by atoms with Gasteiger partial charge in [-0.3, -0.25) is 4.79 Å². The molecule has 0 bridgehead atoms. The van der Waals surface area contributed by atoms with Gasteiger partial charge in [0.25, 0.3) is 0 Å². The van der Waals surface area contributed by atoms with Crippen molar-refractivity contribution in [3.8, 4) is 5.75 Å². The molecule has 1 heterocycles. The second-order valence-electron chi connectivity index (χ2n) is 5.93. The Labute approximate surface area is 130 Å². The maximum Gasteiger partial charge on any atom is 0.317 e. The van der Waals surface area contributed by atoms with Gasteiger partial charge in [-0.2, -0.15) is 0 Å². The topological polar surface area (TPSA) is 78.9 Å². The predicted molar refractivity (Wildman–Crippen MR) is 82.0 cm³/mol. The number of carboxylic acids is 1. The van der Waals surface area contributed by atoms with Gasteiger partial charge in [0.15, 0.2) is 0 Å². The van der Waals surface area contributed by atoms with Crippen LogP contribution < -0.4 is 10.1 Å². The van der Waals surface area contributed by atoms with Crippen molar-refractivity contribution in [1.29, 1.82) is 0 Å². The van der Waals surface area contributed by atoms with E-state index in [2.05, 4.69) is 5.32 Å². The van der Waals surface area contributed by atoms with Crippen molar-refractivity contribution >= 4 is 12.0 Å². The first-order valence-corrected chi connectivity index (χ1v) is 7.36. The van der Waals surface area contributed by atoms with Gasteiger partial charge in [0, 0.05) is 13.1 Å². The van der Waals surface area contributed by atoms with Gasteiger partial charge >= 0.3 is 12.0 Å². The number of hydrogen-bond acceptors (Lipinski definition) is 3. The van der Waals surface area contributed by atoms with Crippen LogP contribution in [0.1, 0.15) is 18.9 Å². The number of amides is 2. The monoisotopic (exact) mass is 306 g/mol. The van der Waals surface area contributed by atoms with Crippen LogP contribution in [0.3, 0.4) is 0 Å². The molecule has 120 valence electrons. The first-order valence-electron chi connectivity index (χ1n) is 7.36. The summed E-state index contributed by atoms with van der Waals surface area (Å²) in [6, 6.07) is 7.47. The van der Waals surface area contributed by atoms with Crippen LogP contribution in [0.2, 0.25) is 0 Å². The molecule has 6 nitrogen and oxygen atoms in total. The van der Waals surface area contributed by atoms with Gasteiger partial charge in [0.05, 0.1) is 12.0 Å². The van der Waals surface area contributed by atoms with E-state index in [4.69, 9.17) is 9.84 Å². The van der Waals surface area contributed by atoms with E-state index in [0.717, 1.165) is 11.3 Å². The van der Waals surface area contributed by atoms with Gasteiger partial charge < -0.3 is 20.1 Å². The Balaban J connectivity index is 1.71. The Hall–Kier alpha value is -2.24. The van der Waals surface area contributed by atoms with Crippen LogP contribution in [0.15, 0.2) is 24.3 Å². The van der Waals surface area contributed by atoms with Crippen molar-refractivity contribution in [1.82, 2.24) is 10.2 Å². The predicted octanol–water partition coefficient (Wildman–Crippen LogP) is 1.88. The van der Waals surface area contributed by atoms with Gasteiger partial charge in [-0.25, -0.2) is 4.79 Å². The van der Waals surface area contributed by atoms with Crippen molar-refractivity contribution in [3.63, 3.8) is 0 Å². The van der Waals surface area contributed by atoms with E-state index in [-0.39, 0.29) is 12.6 Å². The van der Waals surface area contributed by atoms with Crippen LogP contribution in [-0.2, 0) is 4.79 Å². The molecule has 2 N–H and O–H groups in total. The lowest BCUT2D eigenvalue weighted by molar-refractivity contribution is -0.147. The molecule has 1 atom stereocenters. The van der Waals surface area contributed by atoms with E-state index in [1.165, 1.54) is 0 Å². The summed E-state index contributed by atoms with van der Waals surface area (Å²) in [6.45, 7) is 5.12. The molecule has 0 saturated carbocycles. The quantitative estimate of drug-likeness (QED) is 0.814. The molecular weight excluding hydrogens is 284 g/mol. The van der Waals surface area contributed by atoms with Crippen molar-refractivity contribution in [2.24, 2.45) is 5.41 Å². The van der Waals surface area contributed by atoms with Crippen molar-refractivity contribution in [2.45, 2.75) is 20.3 Å². The minimum Gasteiger partial charge on any atom is -0.492 e. The van der Waals surface area contributed by atoms with E-state index in [1.807, 2.05) is 31.2 Å². The average molecular weight is 306 g/mol. The molecule has 2 rings (SSSR count). The number of urea groups is 1. The third-order valence-electron chi connectivity index (χ3n) is 3.91. The van der Waals surface area contributed by atoms with Crippen LogP contribution in [0.4, 0.5) is 4.79 Å². The summed E-state index contributed by atoms with van der Waals surface area (Å²) in [7, 11) is 0. The lowest BCUT2D eigenvalue weighted by Crippen LogP contribution is -2.42. The van der Waals surface area contributed by atoms with Crippen LogP contribution in [0, 0.1) is 12.3 Å². The highest BCUT2D eigenvalue weighted by atomic mass is 16.5. The van der Waals surface area contributed by atoms with Crippen LogP contribution in [0.5, 0.6) is 5.75 Å². The minimum atomic E-state index is -0.856. The Bertz CT molecular complexity index is 561. The highest BCUT2D eigenvalue weighted by Crippen LogP contribution is 2.29. The van der Waals surface area contributed by atoms with Crippen LogP contribution >= 0.6 is 0 Å². The number of hydrogen-bond donors (Lipinski definition) is 2. The van der Waals surface area contributed by atoms with Crippen LogP contribution in [0.25, 0.3) is 0 Å². The SMILES string of the molecule is Cc1cccc(OCCNC(=O)N2CCC(C)(C(=O)O)C2)c1. The van der Waals surface area contributed by atoms with E-state index in [0.29, 0.717) is 26.1 Å². The number of nitrogens with zero attached hydrogens (tertiary/aromatic N) is 1. The zero-order valence-electron chi connectivity index (χ0n) is 13.0.